The van der Waals surface area contributed by atoms with Crippen LogP contribution >= 0.6 is 12.4 Å². The Balaban J connectivity index is 0.00000400. The number of halogens is 1. The highest BCUT2D eigenvalue weighted by molar-refractivity contribution is 6.40. The maximum Gasteiger partial charge on any atom is 0.451 e. The van der Waals surface area contributed by atoms with Crippen LogP contribution in [0.1, 0.15) is 19.8 Å². The first-order valence-electron chi connectivity index (χ1n) is 6.61. The molecule has 1 amide bonds. The average molecular weight is 324 g/mol. The summed E-state index contributed by atoms with van der Waals surface area (Å²) in [4.78, 5) is 24.6. The standard InChI is InChI=1S/C11H22BN3O5.ClH/c1-7(13)9(16)15-5-8(3-2-4-12(19)20)11(14,6-15)10(17)18;/h7-8,19-20H,2-6,13-14H2,1H3,(H,17,18);1H/t7-,8+,11+;/m0./s1. The van der Waals surface area contributed by atoms with Crippen LogP contribution in [0.3, 0.4) is 0 Å². The van der Waals surface area contributed by atoms with E-state index in [-0.39, 0.29) is 37.7 Å². The number of amides is 1. The molecule has 0 aromatic rings. The molecule has 0 aromatic carbocycles. The van der Waals surface area contributed by atoms with Crippen LogP contribution in [0.4, 0.5) is 0 Å². The van der Waals surface area contributed by atoms with Crippen LogP contribution in [0.25, 0.3) is 0 Å². The predicted molar refractivity (Wildman–Crippen MR) is 79.8 cm³/mol. The highest BCUT2D eigenvalue weighted by atomic mass is 35.5. The molecule has 8 nitrogen and oxygen atoms in total. The Kier molecular flexibility index (Phi) is 7.62. The summed E-state index contributed by atoms with van der Waals surface area (Å²) < 4.78 is 0. The van der Waals surface area contributed by atoms with Crippen molar-refractivity contribution in [3.05, 3.63) is 0 Å². The molecule has 3 atom stereocenters. The molecule has 0 spiro atoms. The number of carbonyl (C=O) groups is 2. The third-order valence-electron chi connectivity index (χ3n) is 3.74. The first kappa shape index (κ1) is 20.1. The fourth-order valence-corrected chi connectivity index (χ4v) is 2.53. The summed E-state index contributed by atoms with van der Waals surface area (Å²) in [5.41, 5.74) is 9.94. The summed E-state index contributed by atoms with van der Waals surface area (Å²) in [5.74, 6) is -1.92. The van der Waals surface area contributed by atoms with Gasteiger partial charge in [-0.3, -0.25) is 9.59 Å². The van der Waals surface area contributed by atoms with E-state index >= 15 is 0 Å². The smallest absolute Gasteiger partial charge is 0.451 e. The molecule has 10 heteroatoms. The van der Waals surface area contributed by atoms with Crippen LogP contribution < -0.4 is 11.5 Å². The third-order valence-corrected chi connectivity index (χ3v) is 3.74. The molecule has 0 radical (unpaired) electrons. The van der Waals surface area contributed by atoms with Gasteiger partial charge in [0.2, 0.25) is 5.91 Å². The number of carboxylic acids is 1. The molecule has 1 heterocycles. The van der Waals surface area contributed by atoms with Gasteiger partial charge >= 0.3 is 13.1 Å². The minimum atomic E-state index is -1.51. The molecule has 0 saturated carbocycles. The monoisotopic (exact) mass is 323 g/mol. The molecule has 0 aromatic heterocycles. The Labute approximate surface area is 130 Å². The van der Waals surface area contributed by atoms with Gasteiger partial charge in [-0.2, -0.15) is 0 Å². The van der Waals surface area contributed by atoms with E-state index < -0.39 is 30.6 Å². The number of carbonyl (C=O) groups excluding carboxylic acids is 1. The SMILES string of the molecule is C[C@H](N)C(=O)N1C[C@@H](CCCB(O)O)[C@@](N)(C(=O)O)C1.Cl. The van der Waals surface area contributed by atoms with Crippen LogP contribution in [0, 0.1) is 5.92 Å². The molecule has 0 bridgehead atoms. The quantitative estimate of drug-likeness (QED) is 0.364. The van der Waals surface area contributed by atoms with Crippen molar-refractivity contribution in [2.45, 2.75) is 37.7 Å². The van der Waals surface area contributed by atoms with E-state index in [9.17, 15) is 14.7 Å². The Morgan fingerprint density at radius 3 is 2.48 bits per heavy atom. The summed E-state index contributed by atoms with van der Waals surface area (Å²) in [7, 11) is -1.42. The summed E-state index contributed by atoms with van der Waals surface area (Å²) in [5, 5.41) is 26.9. The fraction of sp³-hybridized carbons (Fsp3) is 0.818. The molecular weight excluding hydrogens is 300 g/mol. The number of hydrogen-bond donors (Lipinski definition) is 5. The lowest BCUT2D eigenvalue weighted by Crippen LogP contribution is -2.55. The largest absolute Gasteiger partial charge is 0.480 e. The minimum absolute atomic E-state index is 0. The van der Waals surface area contributed by atoms with E-state index in [1.807, 2.05) is 0 Å². The normalized spacial score (nSPS) is 26.1. The minimum Gasteiger partial charge on any atom is -0.480 e. The molecule has 1 aliphatic heterocycles. The lowest BCUT2D eigenvalue weighted by molar-refractivity contribution is -0.144. The Bertz CT molecular complexity index is 385. The van der Waals surface area contributed by atoms with Crippen LogP contribution in [-0.2, 0) is 9.59 Å². The van der Waals surface area contributed by atoms with Crippen molar-refractivity contribution in [2.75, 3.05) is 13.1 Å². The van der Waals surface area contributed by atoms with Gasteiger partial charge in [0.25, 0.3) is 0 Å². The lowest BCUT2D eigenvalue weighted by Gasteiger charge is -2.25. The van der Waals surface area contributed by atoms with E-state index in [0.717, 1.165) is 0 Å². The zero-order valence-corrected chi connectivity index (χ0v) is 12.8. The van der Waals surface area contributed by atoms with Gasteiger partial charge < -0.3 is 31.5 Å². The molecule has 122 valence electrons. The van der Waals surface area contributed by atoms with E-state index in [1.165, 1.54) is 11.8 Å². The van der Waals surface area contributed by atoms with Gasteiger partial charge in [-0.15, -0.1) is 12.4 Å². The Morgan fingerprint density at radius 2 is 2.05 bits per heavy atom. The van der Waals surface area contributed by atoms with E-state index in [4.69, 9.17) is 21.5 Å². The molecule has 21 heavy (non-hydrogen) atoms. The fourth-order valence-electron chi connectivity index (χ4n) is 2.53. The number of carboxylic acid groups (broad SMARTS) is 1. The van der Waals surface area contributed by atoms with E-state index in [0.29, 0.717) is 12.8 Å². The number of nitrogens with zero attached hydrogens (tertiary/aromatic N) is 1. The van der Waals surface area contributed by atoms with Gasteiger partial charge in [0, 0.05) is 19.0 Å². The Hall–Kier alpha value is -0.865. The lowest BCUT2D eigenvalue weighted by atomic mass is 9.78. The van der Waals surface area contributed by atoms with Crippen LogP contribution in [-0.4, -0.2) is 63.7 Å². The van der Waals surface area contributed by atoms with Crippen molar-refractivity contribution in [2.24, 2.45) is 17.4 Å². The molecule has 0 aliphatic carbocycles. The highest BCUT2D eigenvalue weighted by Crippen LogP contribution is 2.30. The van der Waals surface area contributed by atoms with Crippen molar-refractivity contribution in [3.8, 4) is 0 Å². The molecular formula is C11H23BClN3O5. The van der Waals surface area contributed by atoms with Gasteiger partial charge in [-0.05, 0) is 19.7 Å². The summed E-state index contributed by atoms with van der Waals surface area (Å²) >= 11 is 0. The third kappa shape index (κ3) is 4.82. The zero-order valence-electron chi connectivity index (χ0n) is 11.9. The summed E-state index contributed by atoms with van der Waals surface area (Å²) in [6.07, 6.45) is 0.978. The van der Waals surface area contributed by atoms with Gasteiger partial charge in [-0.25, -0.2) is 0 Å². The Morgan fingerprint density at radius 1 is 1.48 bits per heavy atom. The topological polar surface area (TPSA) is 150 Å². The number of nitrogens with two attached hydrogens (primary N) is 2. The first-order chi connectivity index (χ1) is 9.18. The second-order valence-corrected chi connectivity index (χ2v) is 5.46. The van der Waals surface area contributed by atoms with Gasteiger partial charge in [-0.1, -0.05) is 6.42 Å². The van der Waals surface area contributed by atoms with Crippen LogP contribution in [0.2, 0.25) is 6.32 Å². The molecule has 7 N–H and O–H groups in total. The first-order valence-corrected chi connectivity index (χ1v) is 6.61. The van der Waals surface area contributed by atoms with Crippen LogP contribution in [0.15, 0.2) is 0 Å². The summed E-state index contributed by atoms with van der Waals surface area (Å²) in [6, 6.07) is -0.703. The molecule has 1 fully saturated rings. The summed E-state index contributed by atoms with van der Waals surface area (Å²) in [6.45, 7) is 1.69. The number of aliphatic carboxylic acids is 1. The van der Waals surface area contributed by atoms with Crippen molar-refractivity contribution < 1.29 is 24.7 Å². The highest BCUT2D eigenvalue weighted by Gasteiger charge is 2.50. The number of likely N-dealkylation sites (tertiary alicyclic amines) is 1. The number of hydrogen-bond acceptors (Lipinski definition) is 6. The van der Waals surface area contributed by atoms with E-state index in [2.05, 4.69) is 0 Å². The van der Waals surface area contributed by atoms with E-state index in [1.54, 1.807) is 0 Å². The average Bonchev–Trinajstić information content (AvgIpc) is 2.67. The van der Waals surface area contributed by atoms with Crippen molar-refractivity contribution in [3.63, 3.8) is 0 Å². The maximum absolute atomic E-state index is 11.9. The maximum atomic E-state index is 11.9. The predicted octanol–water partition coefficient (Wildman–Crippen LogP) is -1.75. The van der Waals surface area contributed by atoms with Crippen molar-refractivity contribution in [1.82, 2.24) is 4.90 Å². The molecule has 1 rings (SSSR count). The second kappa shape index (κ2) is 7.95. The van der Waals surface area contributed by atoms with Gasteiger partial charge in [0.15, 0.2) is 0 Å². The van der Waals surface area contributed by atoms with Crippen LogP contribution in [0.5, 0.6) is 0 Å². The zero-order chi connectivity index (χ0) is 15.5. The molecule has 0 unspecified atom stereocenters. The second-order valence-electron chi connectivity index (χ2n) is 5.46. The molecule has 1 aliphatic rings. The van der Waals surface area contributed by atoms with Gasteiger partial charge in [0.05, 0.1) is 6.04 Å². The van der Waals surface area contributed by atoms with Gasteiger partial charge in [0.1, 0.15) is 5.54 Å². The molecule has 1 saturated heterocycles. The van der Waals surface area contributed by atoms with Crippen molar-refractivity contribution in [1.29, 1.82) is 0 Å². The number of rotatable bonds is 6. The van der Waals surface area contributed by atoms with Crippen molar-refractivity contribution >= 4 is 31.4 Å².